The lowest BCUT2D eigenvalue weighted by Crippen LogP contribution is -2.55. The zero-order chi connectivity index (χ0) is 47.3. The van der Waals surface area contributed by atoms with E-state index in [1.54, 1.807) is 34.1 Å². The number of aliphatic hydroxyl groups excluding tert-OH is 2. The molecule has 0 radical (unpaired) electrons. The third kappa shape index (κ3) is 14.7. The van der Waals surface area contributed by atoms with E-state index in [1.807, 2.05) is 65.0 Å². The van der Waals surface area contributed by atoms with Crippen LogP contribution in [0.15, 0.2) is 47.6 Å². The average molecular weight is 900 g/mol. The number of cyclic esters (lactones) is 1. The van der Waals surface area contributed by atoms with E-state index in [-0.39, 0.29) is 66.4 Å². The molecule has 15 atom stereocenters. The van der Waals surface area contributed by atoms with Gasteiger partial charge in [-0.1, -0.05) is 71.1 Å². The molecule has 64 heavy (non-hydrogen) atoms. The molecule has 1 aliphatic carbocycles. The van der Waals surface area contributed by atoms with Crippen LogP contribution in [-0.2, 0) is 42.9 Å². The second-order valence-electron chi connectivity index (χ2n) is 19.7. The van der Waals surface area contributed by atoms with Crippen molar-refractivity contribution in [2.75, 3.05) is 27.9 Å². The van der Waals surface area contributed by atoms with Gasteiger partial charge in [-0.15, -0.1) is 0 Å². The van der Waals surface area contributed by atoms with Crippen molar-refractivity contribution in [1.29, 1.82) is 0 Å². The van der Waals surface area contributed by atoms with Crippen LogP contribution in [0.3, 0.4) is 0 Å². The van der Waals surface area contributed by atoms with E-state index in [2.05, 4.69) is 0 Å². The van der Waals surface area contributed by atoms with Crippen molar-refractivity contribution in [1.82, 2.24) is 4.90 Å². The Morgan fingerprint density at radius 1 is 0.859 bits per heavy atom. The van der Waals surface area contributed by atoms with E-state index in [9.17, 15) is 34.5 Å². The first kappa shape index (κ1) is 53.6. The lowest BCUT2D eigenvalue weighted by Gasteiger charge is -2.44. The number of ether oxygens (including phenoxy) is 5. The fraction of sp³-hybridized carbons (Fsp3) is 0.765. The van der Waals surface area contributed by atoms with Gasteiger partial charge in [-0.05, 0) is 107 Å². The maximum Gasteiger partial charge on any atom is 0.329 e. The minimum atomic E-state index is -1.75. The van der Waals surface area contributed by atoms with Crippen LogP contribution in [0.4, 0.5) is 0 Å². The van der Waals surface area contributed by atoms with Crippen molar-refractivity contribution in [2.24, 2.45) is 35.5 Å². The Morgan fingerprint density at radius 3 is 2.28 bits per heavy atom. The standard InChI is InChI=1S/C51H81NO12/c1-31-16-12-11-13-17-32(2)43(60-8)28-39-21-19-37(7)51(59,64-39)30-46(55)52-23-15-14-18-40(52)50(58)63-44(34(4)26-38-20-22-41(53)45(27-38)61-9)29-42(54)33(3)25-36(6)48(57)49(62-10)47(56)35(5)24-31/h11-13,16-17,25,31,33-35,37-41,43-45,48-49,53,57,59H,14-15,18-24,26-30H2,1-10H3/b13-11+,16-12-,32-17+,36-25+/t31-,33-,34-,35-,37-,38?,39+,40+,41-,43+,44+,45-,48-,49+,51+/m1/s1. The van der Waals surface area contributed by atoms with Crippen LogP contribution in [0.1, 0.15) is 132 Å². The summed E-state index contributed by atoms with van der Waals surface area (Å²) >= 11 is 0. The maximum atomic E-state index is 14.4. The number of piperidine rings is 1. The van der Waals surface area contributed by atoms with Crippen molar-refractivity contribution in [3.63, 3.8) is 0 Å². The fourth-order valence-corrected chi connectivity index (χ4v) is 10.2. The Hall–Kier alpha value is -3.04. The summed E-state index contributed by atoms with van der Waals surface area (Å²) < 4.78 is 29.8. The molecule has 3 heterocycles. The molecule has 0 aromatic heterocycles. The van der Waals surface area contributed by atoms with Gasteiger partial charge in [0.1, 0.15) is 30.1 Å². The van der Waals surface area contributed by atoms with Gasteiger partial charge in [0.15, 0.2) is 11.6 Å². The summed E-state index contributed by atoms with van der Waals surface area (Å²) in [5.41, 5.74) is 1.39. The zero-order valence-electron chi connectivity index (χ0n) is 40.4. The summed E-state index contributed by atoms with van der Waals surface area (Å²) in [6.45, 7) is 13.4. The SMILES string of the molecule is CO[C@H]1C[C@@H]2CC[C@@H](C)[C@](O)(CC(=O)N3CCCC[C@H]3C(=O)O[C@H]([C@H](C)CC3CC[C@@H](O)[C@H](OC)C3)CC(=O)[C@H](C)/C=C(\C)[C@@H](O)[C@@H](OC)C(=O)[C@H](C)C[C@H](C)\C=C/C=C/C=C/1C)O2. The maximum absolute atomic E-state index is 14.4. The summed E-state index contributed by atoms with van der Waals surface area (Å²) in [5, 5.41) is 33.9. The third-order valence-corrected chi connectivity index (χ3v) is 14.5. The van der Waals surface area contributed by atoms with Crippen LogP contribution in [0, 0.1) is 35.5 Å². The Morgan fingerprint density at radius 2 is 1.59 bits per heavy atom. The Balaban J connectivity index is 1.67. The van der Waals surface area contributed by atoms with Crippen molar-refractivity contribution in [3.8, 4) is 0 Å². The van der Waals surface area contributed by atoms with Crippen LogP contribution >= 0.6 is 0 Å². The summed E-state index contributed by atoms with van der Waals surface area (Å²) in [6, 6.07) is -0.903. The molecule has 1 unspecified atom stereocenters. The second-order valence-corrected chi connectivity index (χ2v) is 19.7. The first-order valence-electron chi connectivity index (χ1n) is 23.9. The number of carbonyl (C=O) groups excluding carboxylic acids is 4. The van der Waals surface area contributed by atoms with Gasteiger partial charge in [0, 0.05) is 58.5 Å². The fourth-order valence-electron chi connectivity index (χ4n) is 10.2. The number of carbonyl (C=O) groups is 4. The lowest BCUT2D eigenvalue weighted by atomic mass is 9.78. The predicted molar refractivity (Wildman–Crippen MR) is 245 cm³/mol. The topological polar surface area (TPSA) is 178 Å². The average Bonchev–Trinajstić information content (AvgIpc) is 3.26. The molecule has 2 bridgehead atoms. The number of Topliss-reactive ketones (excluding diaryl/α,β-unsaturated/α-hetero) is 2. The van der Waals surface area contributed by atoms with E-state index in [0.717, 1.165) is 12.0 Å². The molecule has 1 amide bonds. The highest BCUT2D eigenvalue weighted by molar-refractivity contribution is 5.87. The highest BCUT2D eigenvalue weighted by atomic mass is 16.6. The van der Waals surface area contributed by atoms with E-state index in [4.69, 9.17) is 23.7 Å². The number of hydrogen-bond acceptors (Lipinski definition) is 12. The minimum Gasteiger partial charge on any atom is -0.460 e. The van der Waals surface area contributed by atoms with Gasteiger partial charge in [0.2, 0.25) is 5.91 Å². The molecule has 2 saturated heterocycles. The van der Waals surface area contributed by atoms with E-state index < -0.39 is 60.0 Å². The van der Waals surface area contributed by atoms with Crippen LogP contribution in [0.25, 0.3) is 0 Å². The molecular weight excluding hydrogens is 819 g/mol. The lowest BCUT2D eigenvalue weighted by molar-refractivity contribution is -0.284. The van der Waals surface area contributed by atoms with Crippen LogP contribution in [0.5, 0.6) is 0 Å². The van der Waals surface area contributed by atoms with Gasteiger partial charge in [-0.25, -0.2) is 4.79 Å². The van der Waals surface area contributed by atoms with E-state index in [0.29, 0.717) is 76.3 Å². The van der Waals surface area contributed by atoms with Gasteiger partial charge in [0.05, 0.1) is 30.8 Å². The highest BCUT2D eigenvalue weighted by Crippen LogP contribution is 2.39. The van der Waals surface area contributed by atoms with Crippen molar-refractivity contribution in [2.45, 2.75) is 186 Å². The van der Waals surface area contributed by atoms with E-state index >= 15 is 0 Å². The van der Waals surface area contributed by atoms with Crippen molar-refractivity contribution in [3.05, 3.63) is 47.6 Å². The molecule has 13 heteroatoms. The van der Waals surface area contributed by atoms with Gasteiger partial charge >= 0.3 is 5.97 Å². The number of esters is 1. The summed E-state index contributed by atoms with van der Waals surface area (Å²) in [4.78, 5) is 57.9. The summed E-state index contributed by atoms with van der Waals surface area (Å²) in [7, 11) is 4.63. The molecule has 13 nitrogen and oxygen atoms in total. The Kier molecular flexibility index (Phi) is 21.1. The molecule has 4 rings (SSSR count). The quantitative estimate of drug-likeness (QED) is 0.184. The molecule has 3 N–H and O–H groups in total. The third-order valence-electron chi connectivity index (χ3n) is 14.5. The molecular formula is C51H81NO12. The molecule has 0 aromatic rings. The second kappa shape index (κ2) is 25.2. The van der Waals surface area contributed by atoms with Gasteiger partial charge in [0.25, 0.3) is 0 Å². The van der Waals surface area contributed by atoms with E-state index in [1.165, 1.54) is 12.0 Å². The molecule has 362 valence electrons. The number of ketones is 2. The minimum absolute atomic E-state index is 0.0492. The van der Waals surface area contributed by atoms with Crippen molar-refractivity contribution >= 4 is 23.4 Å². The van der Waals surface area contributed by atoms with Gasteiger partial charge in [-0.2, -0.15) is 0 Å². The van der Waals surface area contributed by atoms with Crippen LogP contribution in [0.2, 0.25) is 0 Å². The van der Waals surface area contributed by atoms with Crippen LogP contribution in [-0.4, -0.2) is 126 Å². The molecule has 0 spiro atoms. The van der Waals surface area contributed by atoms with Gasteiger partial charge < -0.3 is 43.9 Å². The molecule has 0 aromatic carbocycles. The number of fused-ring (bicyclic) bond motifs is 3. The monoisotopic (exact) mass is 900 g/mol. The Labute approximate surface area is 383 Å². The molecule has 4 aliphatic rings. The number of nitrogens with zero attached hydrogens (tertiary/aromatic N) is 1. The number of rotatable bonds is 6. The molecule has 1 saturated carbocycles. The van der Waals surface area contributed by atoms with Crippen LogP contribution < -0.4 is 0 Å². The van der Waals surface area contributed by atoms with Crippen molar-refractivity contribution < 1.29 is 58.2 Å². The zero-order valence-corrected chi connectivity index (χ0v) is 40.4. The number of methoxy groups -OCH3 is 3. The number of allylic oxidation sites excluding steroid dienone is 6. The predicted octanol–water partition coefficient (Wildman–Crippen LogP) is 7.00. The number of aliphatic hydroxyl groups is 3. The smallest absolute Gasteiger partial charge is 0.329 e. The number of amides is 1. The molecule has 3 fully saturated rings. The van der Waals surface area contributed by atoms with Gasteiger partial charge in [-0.3, -0.25) is 14.4 Å². The summed E-state index contributed by atoms with van der Waals surface area (Å²) in [5.74, 6) is -4.68. The molecule has 3 aliphatic heterocycles. The highest BCUT2D eigenvalue weighted by Gasteiger charge is 2.46. The number of hydrogen-bond donors (Lipinski definition) is 3. The first-order valence-corrected chi connectivity index (χ1v) is 23.9. The largest absolute Gasteiger partial charge is 0.460 e. The normalized spacial score (nSPS) is 40.8. The Bertz CT molecular complexity index is 1670. The first-order chi connectivity index (χ1) is 30.3. The summed E-state index contributed by atoms with van der Waals surface area (Å²) in [6.07, 6.45) is 13.0.